The van der Waals surface area contributed by atoms with Crippen LogP contribution in [-0.4, -0.2) is 181 Å². The molecule has 0 amide bonds. The number of aliphatic hydroxyl groups is 5. The van der Waals surface area contributed by atoms with Crippen LogP contribution in [0.3, 0.4) is 0 Å². The van der Waals surface area contributed by atoms with E-state index < -0.39 is 96.0 Å². The third-order valence-electron chi connectivity index (χ3n) is 15.6. The van der Waals surface area contributed by atoms with E-state index in [-0.39, 0.29) is 37.3 Å². The lowest BCUT2D eigenvalue weighted by Gasteiger charge is -2.49. The second-order valence-electron chi connectivity index (χ2n) is 21.8. The number of rotatable bonds is 15. The minimum Gasteiger partial charge on any atom is -0.459 e. The summed E-state index contributed by atoms with van der Waals surface area (Å²) in [5, 5.41) is 68.5. The lowest BCUT2D eigenvalue weighted by molar-refractivity contribution is -0.318. The Morgan fingerprint density at radius 3 is 2.26 bits per heavy atom. The number of carbonyl (C=O) groups excluding carboxylic acids is 1. The van der Waals surface area contributed by atoms with E-state index >= 15 is 0 Å². The van der Waals surface area contributed by atoms with Crippen molar-refractivity contribution < 1.29 is 58.7 Å². The molecule has 0 saturated carbocycles. The molecule has 17 nitrogen and oxygen atoms in total. The highest BCUT2D eigenvalue weighted by Crippen LogP contribution is 2.40. The lowest BCUT2D eigenvalue weighted by Crippen LogP contribution is -2.61. The highest BCUT2D eigenvalue weighted by Gasteiger charge is 2.53. The van der Waals surface area contributed by atoms with Crippen molar-refractivity contribution >= 4 is 5.97 Å². The maximum absolute atomic E-state index is 14.5. The van der Waals surface area contributed by atoms with E-state index in [1.165, 1.54) is 25.2 Å². The zero-order valence-electron chi connectivity index (χ0n) is 44.2. The molecule has 0 spiro atoms. The summed E-state index contributed by atoms with van der Waals surface area (Å²) in [6, 6.07) is 7.73. The van der Waals surface area contributed by atoms with Gasteiger partial charge < -0.3 is 63.8 Å². The van der Waals surface area contributed by atoms with E-state index in [4.69, 9.17) is 28.4 Å². The first-order valence-corrected chi connectivity index (χ1v) is 25.5. The molecule has 0 bridgehead atoms. The highest BCUT2D eigenvalue weighted by molar-refractivity contribution is 5.73. The van der Waals surface area contributed by atoms with Crippen LogP contribution in [0.4, 0.5) is 0 Å². The molecule has 3 fully saturated rings. The molecule has 0 radical (unpaired) electrons. The van der Waals surface area contributed by atoms with E-state index in [9.17, 15) is 30.3 Å². The first-order chi connectivity index (χ1) is 32.3. The normalized spacial score (nSPS) is 40.3. The Hall–Kier alpha value is -2.65. The van der Waals surface area contributed by atoms with Crippen LogP contribution in [0.5, 0.6) is 0 Å². The number of likely N-dealkylation sites (N-methyl/N-ethyl adjacent to an activating group) is 2. The molecular formula is C52H89N5O12. The summed E-state index contributed by atoms with van der Waals surface area (Å²) in [4.78, 5) is 18.5. The maximum Gasteiger partial charge on any atom is 0.311 e. The van der Waals surface area contributed by atoms with Crippen LogP contribution >= 0.6 is 0 Å². The van der Waals surface area contributed by atoms with Crippen LogP contribution in [0.25, 0.3) is 0 Å². The van der Waals surface area contributed by atoms with Crippen molar-refractivity contribution in [2.75, 3.05) is 34.3 Å². The molecule has 3 aliphatic rings. The molecule has 69 heavy (non-hydrogen) atoms. The summed E-state index contributed by atoms with van der Waals surface area (Å²) in [5.74, 6) is -2.72. The Kier molecular flexibility index (Phi) is 20.2. The number of hydrogen-bond acceptors (Lipinski definition) is 16. The van der Waals surface area contributed by atoms with Gasteiger partial charge in [0.15, 0.2) is 12.6 Å². The standard InChI is InChI=1S/C52H89N5O12/c1-15-41-52(11,63)45(59)36(7)56(13)29-32(3)27-50(9,62)47(34(5)44(35(6)48(61)67-41)68-42-28-51(10,64-14)46(60)37(8)66-42)69-49-43(58)40(26-33(4)65-49)55(12)25-23-39-30-57(54-53-39)24-17-16-18-38-21-19-31(2)20-22-38/h19-22,30,32-37,40-47,49,58-60,62-63H,15-18,23-29H2,1-14H3/t32-,33-,34+,35-,36-,37+,40+,41-,42+,43-,44+,45-,46+,47-,49+,50-,51-,52-/m1/s1. The predicted molar refractivity (Wildman–Crippen MR) is 261 cm³/mol. The number of aromatic nitrogens is 3. The van der Waals surface area contributed by atoms with Crippen molar-refractivity contribution in [3.05, 3.63) is 47.3 Å². The smallest absolute Gasteiger partial charge is 0.311 e. The molecule has 1 aromatic carbocycles. The van der Waals surface area contributed by atoms with Gasteiger partial charge >= 0.3 is 5.97 Å². The van der Waals surface area contributed by atoms with Gasteiger partial charge in [-0.2, -0.15) is 0 Å². The molecule has 5 N–H and O–H groups in total. The molecule has 2 aromatic rings. The van der Waals surface area contributed by atoms with Gasteiger partial charge in [0, 0.05) is 63.8 Å². The number of unbranched alkanes of at least 4 members (excludes halogenated alkanes) is 1. The first-order valence-electron chi connectivity index (χ1n) is 25.5. The summed E-state index contributed by atoms with van der Waals surface area (Å²) >= 11 is 0. The Bertz CT molecular complexity index is 1890. The van der Waals surface area contributed by atoms with Gasteiger partial charge in [0.2, 0.25) is 0 Å². The number of hydrogen-bond donors (Lipinski definition) is 5. The van der Waals surface area contributed by atoms with Crippen molar-refractivity contribution in [3.63, 3.8) is 0 Å². The van der Waals surface area contributed by atoms with Gasteiger partial charge in [-0.25, -0.2) is 0 Å². The number of aliphatic hydroxyl groups excluding tert-OH is 3. The van der Waals surface area contributed by atoms with Gasteiger partial charge in [-0.3, -0.25) is 9.48 Å². The zero-order valence-corrected chi connectivity index (χ0v) is 44.2. The quantitative estimate of drug-likeness (QED) is 0.123. The van der Waals surface area contributed by atoms with Gasteiger partial charge in [0.25, 0.3) is 0 Å². The SMILES string of the molecule is CC[C@H]1OC(=O)[C@H](C)[C@@H](O[C@H]2C[C@@](C)(OC)[C@@H](O)[C@H](C)O2)[C@H](C)[C@@H](O[C@@H]2O[C@H](C)C[C@H](N(C)CCc3cn(CCCCc4ccc(C)cc4)nn3)[C@H]2O)[C@](C)(O)C[C@@H](C)CN(C)[C@H](C)[C@@H](O)[C@]1(C)O. The fourth-order valence-corrected chi connectivity index (χ4v) is 11.0. The number of methoxy groups -OCH3 is 1. The Morgan fingerprint density at radius 2 is 1.61 bits per heavy atom. The number of benzene rings is 1. The van der Waals surface area contributed by atoms with Crippen molar-refractivity contribution in [3.8, 4) is 0 Å². The molecule has 1 aromatic heterocycles. The molecule has 3 aliphatic heterocycles. The Morgan fingerprint density at radius 1 is 0.928 bits per heavy atom. The van der Waals surface area contributed by atoms with Crippen LogP contribution in [0, 0.1) is 24.7 Å². The third-order valence-corrected chi connectivity index (χ3v) is 15.6. The van der Waals surface area contributed by atoms with Crippen LogP contribution in [-0.2, 0) is 52.6 Å². The number of ether oxygens (including phenoxy) is 6. The second kappa shape index (κ2) is 24.4. The average molecular weight is 976 g/mol. The molecule has 18 atom stereocenters. The minimum absolute atomic E-state index is 0.114. The van der Waals surface area contributed by atoms with Crippen molar-refractivity contribution in [2.45, 2.75) is 224 Å². The van der Waals surface area contributed by atoms with Crippen LogP contribution in [0.2, 0.25) is 0 Å². The maximum atomic E-state index is 14.5. The molecule has 5 rings (SSSR count). The highest BCUT2D eigenvalue weighted by atomic mass is 16.7. The number of carbonyl (C=O) groups is 1. The number of cyclic esters (lactones) is 1. The molecule has 394 valence electrons. The van der Waals surface area contributed by atoms with E-state index in [1.807, 2.05) is 57.6 Å². The second-order valence-corrected chi connectivity index (χ2v) is 21.8. The van der Waals surface area contributed by atoms with E-state index in [1.54, 1.807) is 34.6 Å². The Balaban J connectivity index is 1.40. The third kappa shape index (κ3) is 14.3. The van der Waals surface area contributed by atoms with Crippen molar-refractivity contribution in [1.82, 2.24) is 24.8 Å². The molecule has 17 heteroatoms. The monoisotopic (exact) mass is 976 g/mol. The summed E-state index contributed by atoms with van der Waals surface area (Å²) < 4.78 is 40.2. The average Bonchev–Trinajstić information content (AvgIpc) is 3.76. The van der Waals surface area contributed by atoms with Crippen molar-refractivity contribution in [1.29, 1.82) is 0 Å². The fraction of sp³-hybridized carbons (Fsp3) is 0.827. The van der Waals surface area contributed by atoms with Gasteiger partial charge in [-0.15, -0.1) is 5.10 Å². The van der Waals surface area contributed by atoms with E-state index in [0.717, 1.165) is 31.5 Å². The fourth-order valence-electron chi connectivity index (χ4n) is 11.0. The van der Waals surface area contributed by atoms with Crippen molar-refractivity contribution in [2.24, 2.45) is 17.8 Å². The number of aryl methyl sites for hydroxylation is 3. The Labute approximate surface area is 412 Å². The van der Waals surface area contributed by atoms with E-state index in [2.05, 4.69) is 46.4 Å². The summed E-state index contributed by atoms with van der Waals surface area (Å²) in [6.07, 6.45) is -3.13. The zero-order chi connectivity index (χ0) is 51.2. The van der Waals surface area contributed by atoms with E-state index in [0.29, 0.717) is 25.9 Å². The van der Waals surface area contributed by atoms with Gasteiger partial charge in [-0.1, -0.05) is 55.8 Å². The lowest BCUT2D eigenvalue weighted by atomic mass is 9.77. The van der Waals surface area contributed by atoms with Gasteiger partial charge in [0.1, 0.15) is 30.0 Å². The molecule has 0 aliphatic carbocycles. The topological polar surface area (TPSA) is 211 Å². The summed E-state index contributed by atoms with van der Waals surface area (Å²) in [6.45, 7) is 21.6. The van der Waals surface area contributed by atoms with Crippen LogP contribution in [0.1, 0.15) is 125 Å². The first kappa shape index (κ1) is 57.3. The van der Waals surface area contributed by atoms with Crippen LogP contribution < -0.4 is 0 Å². The summed E-state index contributed by atoms with van der Waals surface area (Å²) in [5.41, 5.74) is -1.03. The molecule has 3 saturated heterocycles. The number of esters is 1. The van der Waals surface area contributed by atoms with Gasteiger partial charge in [-0.05, 0) is 119 Å². The molecular weight excluding hydrogens is 887 g/mol. The molecule has 0 unspecified atom stereocenters. The van der Waals surface area contributed by atoms with Gasteiger partial charge in [0.05, 0.1) is 47.2 Å². The largest absolute Gasteiger partial charge is 0.459 e. The molecule has 4 heterocycles. The van der Waals surface area contributed by atoms with Crippen LogP contribution in [0.15, 0.2) is 30.5 Å². The summed E-state index contributed by atoms with van der Waals surface area (Å²) in [7, 11) is 5.32. The minimum atomic E-state index is -1.83. The number of nitrogens with zero attached hydrogens (tertiary/aromatic N) is 5. The predicted octanol–water partition coefficient (Wildman–Crippen LogP) is 4.44.